The topological polar surface area (TPSA) is 78.9 Å². The van der Waals surface area contributed by atoms with Crippen LogP contribution in [0.4, 0.5) is 10.5 Å². The Labute approximate surface area is 196 Å². The van der Waals surface area contributed by atoms with Crippen molar-refractivity contribution in [3.05, 3.63) is 65.7 Å². The number of nitrogens with one attached hydrogen (secondary N) is 1. The summed E-state index contributed by atoms with van der Waals surface area (Å²) < 4.78 is 5.23. The first kappa shape index (κ1) is 24.9. The number of anilines is 1. The molecule has 0 radical (unpaired) electrons. The average Bonchev–Trinajstić information content (AvgIpc) is 2.75. The molecule has 0 bridgehead atoms. The number of ether oxygens (including phenoxy) is 1. The van der Waals surface area contributed by atoms with Gasteiger partial charge >= 0.3 is 6.09 Å². The van der Waals surface area contributed by atoms with Crippen molar-refractivity contribution >= 4 is 17.6 Å². The molecule has 1 saturated heterocycles. The predicted molar refractivity (Wildman–Crippen MR) is 130 cm³/mol. The van der Waals surface area contributed by atoms with E-state index in [1.807, 2.05) is 6.07 Å². The number of carbonyl (C=O) groups is 2. The largest absolute Gasteiger partial charge is 0.444 e. The zero-order chi connectivity index (χ0) is 23.8. The summed E-state index contributed by atoms with van der Waals surface area (Å²) in [5.41, 5.74) is 1.84. The van der Waals surface area contributed by atoms with Crippen LogP contribution in [0.2, 0.25) is 0 Å². The highest BCUT2D eigenvalue weighted by Gasteiger charge is 2.23. The van der Waals surface area contributed by atoms with Crippen LogP contribution in [0.1, 0.15) is 62.4 Å². The van der Waals surface area contributed by atoms with E-state index in [1.165, 1.54) is 5.56 Å². The standard InChI is InChI=1S/C27H36N2O4/c1-27(2,3)33-26(32)28-23-11-9-22(10-12-23)25(31)18-24(30)17-20-13-15-29(16-14-20)19-21-7-5-4-6-8-21/h4-12,20,24,30H,13-19H2,1-3H3,(H,28,32). The van der Waals surface area contributed by atoms with Crippen molar-refractivity contribution in [2.24, 2.45) is 5.92 Å². The highest BCUT2D eigenvalue weighted by molar-refractivity contribution is 5.97. The molecule has 0 saturated carbocycles. The van der Waals surface area contributed by atoms with Gasteiger partial charge in [-0.2, -0.15) is 0 Å². The lowest BCUT2D eigenvalue weighted by Crippen LogP contribution is -2.34. The van der Waals surface area contributed by atoms with Crippen LogP contribution in [-0.2, 0) is 11.3 Å². The number of carbonyl (C=O) groups excluding carboxylic acids is 2. The van der Waals surface area contributed by atoms with E-state index in [-0.39, 0.29) is 12.2 Å². The van der Waals surface area contributed by atoms with Crippen molar-refractivity contribution in [1.82, 2.24) is 4.90 Å². The molecule has 1 unspecified atom stereocenters. The molecule has 2 aromatic rings. The first-order valence-electron chi connectivity index (χ1n) is 11.8. The zero-order valence-corrected chi connectivity index (χ0v) is 19.9. The van der Waals surface area contributed by atoms with Crippen LogP contribution in [0.25, 0.3) is 0 Å². The molecule has 1 heterocycles. The third kappa shape index (κ3) is 8.63. The number of Topliss-reactive ketones (excluding diaryl/α,β-unsaturated/α-hetero) is 1. The summed E-state index contributed by atoms with van der Waals surface area (Å²) in [7, 11) is 0. The predicted octanol–water partition coefficient (Wildman–Crippen LogP) is 5.27. The van der Waals surface area contributed by atoms with Gasteiger partial charge in [-0.25, -0.2) is 4.79 Å². The number of aliphatic hydroxyl groups excluding tert-OH is 1. The second-order valence-corrected chi connectivity index (χ2v) is 9.93. The zero-order valence-electron chi connectivity index (χ0n) is 19.9. The van der Waals surface area contributed by atoms with E-state index < -0.39 is 17.8 Å². The van der Waals surface area contributed by atoms with Gasteiger partial charge in [0.15, 0.2) is 5.78 Å². The summed E-state index contributed by atoms with van der Waals surface area (Å²) in [6.45, 7) is 8.40. The molecule has 1 amide bonds. The lowest BCUT2D eigenvalue weighted by atomic mass is 9.89. The molecule has 2 N–H and O–H groups in total. The van der Waals surface area contributed by atoms with Gasteiger partial charge in [0.05, 0.1) is 6.10 Å². The van der Waals surface area contributed by atoms with Gasteiger partial charge in [-0.15, -0.1) is 0 Å². The number of ketones is 1. The second kappa shape index (κ2) is 11.4. The summed E-state index contributed by atoms with van der Waals surface area (Å²) in [5.74, 6) is 0.355. The Bertz CT molecular complexity index is 898. The first-order valence-corrected chi connectivity index (χ1v) is 11.8. The Kier molecular flexibility index (Phi) is 8.64. The molecule has 1 aliphatic rings. The molecule has 6 nitrogen and oxygen atoms in total. The summed E-state index contributed by atoms with van der Waals surface area (Å²) in [6.07, 6.45) is 1.69. The number of rotatable bonds is 8. The van der Waals surface area contributed by atoms with Crippen molar-refractivity contribution in [2.75, 3.05) is 18.4 Å². The number of amides is 1. The van der Waals surface area contributed by atoms with Crippen LogP contribution in [0, 0.1) is 5.92 Å². The highest BCUT2D eigenvalue weighted by Crippen LogP contribution is 2.25. The van der Waals surface area contributed by atoms with E-state index in [0.717, 1.165) is 32.5 Å². The van der Waals surface area contributed by atoms with E-state index in [0.29, 0.717) is 23.6 Å². The smallest absolute Gasteiger partial charge is 0.412 e. The molecule has 0 spiro atoms. The third-order valence-electron chi connectivity index (χ3n) is 5.83. The van der Waals surface area contributed by atoms with Gasteiger partial charge in [-0.1, -0.05) is 30.3 Å². The maximum atomic E-state index is 12.6. The van der Waals surface area contributed by atoms with Crippen LogP contribution in [0.15, 0.2) is 54.6 Å². The SMILES string of the molecule is CC(C)(C)OC(=O)Nc1ccc(C(=O)CC(O)CC2CCN(Cc3ccccc3)CC2)cc1. The molecule has 178 valence electrons. The molecule has 1 fully saturated rings. The maximum Gasteiger partial charge on any atom is 0.412 e. The van der Waals surface area contributed by atoms with Crippen LogP contribution in [-0.4, -0.2) is 46.7 Å². The Balaban J connectivity index is 1.40. The summed E-state index contributed by atoms with van der Waals surface area (Å²) in [4.78, 5) is 26.9. The van der Waals surface area contributed by atoms with Gasteiger partial charge in [0.2, 0.25) is 0 Å². The number of piperidine rings is 1. The third-order valence-corrected chi connectivity index (χ3v) is 5.83. The van der Waals surface area contributed by atoms with Crippen molar-refractivity contribution in [3.63, 3.8) is 0 Å². The summed E-state index contributed by atoms with van der Waals surface area (Å²) in [6, 6.07) is 17.2. The molecule has 2 aromatic carbocycles. The van der Waals surface area contributed by atoms with Gasteiger partial charge in [-0.05, 0) is 88.9 Å². The van der Waals surface area contributed by atoms with Crippen LogP contribution < -0.4 is 5.32 Å². The number of benzene rings is 2. The van der Waals surface area contributed by atoms with Crippen molar-refractivity contribution in [3.8, 4) is 0 Å². The molecule has 1 aliphatic heterocycles. The Morgan fingerprint density at radius 2 is 1.70 bits per heavy atom. The van der Waals surface area contributed by atoms with Crippen LogP contribution in [0.3, 0.4) is 0 Å². The lowest BCUT2D eigenvalue weighted by Gasteiger charge is -2.32. The van der Waals surface area contributed by atoms with Crippen molar-refractivity contribution in [1.29, 1.82) is 0 Å². The van der Waals surface area contributed by atoms with Gasteiger partial charge in [0.25, 0.3) is 0 Å². The van der Waals surface area contributed by atoms with E-state index in [2.05, 4.69) is 34.5 Å². The normalized spacial score (nSPS) is 16.2. The van der Waals surface area contributed by atoms with Gasteiger partial charge in [-0.3, -0.25) is 15.0 Å². The number of nitrogens with zero attached hydrogens (tertiary/aromatic N) is 1. The Morgan fingerprint density at radius 3 is 2.30 bits per heavy atom. The number of hydrogen-bond donors (Lipinski definition) is 2. The molecule has 6 heteroatoms. The number of hydrogen-bond acceptors (Lipinski definition) is 5. The van der Waals surface area contributed by atoms with Gasteiger partial charge in [0.1, 0.15) is 5.60 Å². The van der Waals surface area contributed by atoms with Crippen molar-refractivity contribution < 1.29 is 19.4 Å². The molecular weight excluding hydrogens is 416 g/mol. The number of likely N-dealkylation sites (tertiary alicyclic amines) is 1. The minimum Gasteiger partial charge on any atom is -0.444 e. The summed E-state index contributed by atoms with van der Waals surface area (Å²) >= 11 is 0. The van der Waals surface area contributed by atoms with Gasteiger partial charge < -0.3 is 9.84 Å². The van der Waals surface area contributed by atoms with Crippen LogP contribution >= 0.6 is 0 Å². The van der Waals surface area contributed by atoms with Crippen molar-refractivity contribution in [2.45, 2.75) is 64.7 Å². The Hall–Kier alpha value is -2.70. The quantitative estimate of drug-likeness (QED) is 0.534. The fraction of sp³-hybridized carbons (Fsp3) is 0.481. The second-order valence-electron chi connectivity index (χ2n) is 9.93. The fourth-order valence-electron chi connectivity index (χ4n) is 4.18. The highest BCUT2D eigenvalue weighted by atomic mass is 16.6. The molecule has 1 atom stereocenters. The monoisotopic (exact) mass is 452 g/mol. The number of aliphatic hydroxyl groups is 1. The molecule has 0 aromatic heterocycles. The first-order chi connectivity index (χ1) is 15.7. The minimum atomic E-state index is -0.636. The Morgan fingerprint density at radius 1 is 1.06 bits per heavy atom. The molecule has 0 aliphatic carbocycles. The fourth-order valence-corrected chi connectivity index (χ4v) is 4.18. The molecular formula is C27H36N2O4. The van der Waals surface area contributed by atoms with Gasteiger partial charge in [0, 0.05) is 24.2 Å². The lowest BCUT2D eigenvalue weighted by molar-refractivity contribution is 0.0635. The van der Waals surface area contributed by atoms with Crippen LogP contribution in [0.5, 0.6) is 0 Å². The molecule has 33 heavy (non-hydrogen) atoms. The van der Waals surface area contributed by atoms with E-state index in [1.54, 1.807) is 45.0 Å². The molecule has 3 rings (SSSR count). The van der Waals surface area contributed by atoms with E-state index in [4.69, 9.17) is 4.74 Å². The maximum absolute atomic E-state index is 12.6. The van der Waals surface area contributed by atoms with E-state index >= 15 is 0 Å². The summed E-state index contributed by atoms with van der Waals surface area (Å²) in [5, 5.41) is 13.2. The average molecular weight is 453 g/mol. The van der Waals surface area contributed by atoms with E-state index in [9.17, 15) is 14.7 Å². The minimum absolute atomic E-state index is 0.0900.